The van der Waals surface area contributed by atoms with E-state index in [-0.39, 0.29) is 12.2 Å². The number of fused-ring (bicyclic) bond motifs is 2. The molecule has 5 heteroatoms. The lowest BCUT2D eigenvalue weighted by molar-refractivity contribution is -0.235. The Morgan fingerprint density at radius 3 is 2.77 bits per heavy atom. The molecular formula is C8H12O5. The summed E-state index contributed by atoms with van der Waals surface area (Å²) in [5, 5.41) is 0. The van der Waals surface area contributed by atoms with Gasteiger partial charge in [-0.15, -0.1) is 0 Å². The Hall–Kier alpha value is -0.650. The first kappa shape index (κ1) is 8.93. The van der Waals surface area contributed by atoms with Crippen molar-refractivity contribution in [3.8, 4) is 0 Å². The van der Waals surface area contributed by atoms with Gasteiger partial charge >= 0.3 is 5.97 Å². The third-order valence-electron chi connectivity index (χ3n) is 2.43. The second-order valence-corrected chi connectivity index (χ2v) is 3.15. The highest BCUT2D eigenvalue weighted by molar-refractivity contribution is 5.77. The summed E-state index contributed by atoms with van der Waals surface area (Å²) < 4.78 is 20.4. The maximum Gasteiger partial charge on any atom is 0.340 e. The van der Waals surface area contributed by atoms with Gasteiger partial charge in [0.25, 0.3) is 0 Å². The van der Waals surface area contributed by atoms with Gasteiger partial charge in [0.15, 0.2) is 6.10 Å². The lowest BCUT2D eigenvalue weighted by Crippen LogP contribution is -2.43. The molecule has 0 aromatic carbocycles. The molecule has 0 aliphatic carbocycles. The van der Waals surface area contributed by atoms with E-state index in [4.69, 9.17) is 18.9 Å². The van der Waals surface area contributed by atoms with Crippen LogP contribution in [0.1, 0.15) is 6.42 Å². The van der Waals surface area contributed by atoms with Gasteiger partial charge in [0.2, 0.25) is 6.29 Å². The Labute approximate surface area is 75.9 Å². The molecule has 0 N–H and O–H groups in total. The van der Waals surface area contributed by atoms with Crippen LogP contribution in [0.5, 0.6) is 0 Å². The minimum atomic E-state index is -0.580. The van der Waals surface area contributed by atoms with E-state index in [0.717, 1.165) is 0 Å². The average molecular weight is 188 g/mol. The molecule has 2 aliphatic heterocycles. The van der Waals surface area contributed by atoms with Crippen LogP contribution in [0, 0.1) is 0 Å². The number of rotatable bonds is 2. The number of carbonyl (C=O) groups excluding carboxylic acids is 1. The number of esters is 1. The Balaban J connectivity index is 2.12. The van der Waals surface area contributed by atoms with Gasteiger partial charge in [0.05, 0.1) is 6.10 Å². The molecule has 0 aromatic heterocycles. The van der Waals surface area contributed by atoms with Crippen LogP contribution in [0.2, 0.25) is 0 Å². The van der Waals surface area contributed by atoms with Crippen molar-refractivity contribution in [1.82, 2.24) is 0 Å². The van der Waals surface area contributed by atoms with Crippen molar-refractivity contribution in [1.29, 1.82) is 0 Å². The minimum Gasteiger partial charge on any atom is -0.431 e. The summed E-state index contributed by atoms with van der Waals surface area (Å²) >= 11 is 0. The molecule has 2 bridgehead atoms. The first-order valence-electron chi connectivity index (χ1n) is 4.18. The molecule has 0 saturated carbocycles. The largest absolute Gasteiger partial charge is 0.431 e. The Bertz CT molecular complexity index is 215. The second kappa shape index (κ2) is 3.25. The molecule has 0 spiro atoms. The van der Waals surface area contributed by atoms with E-state index in [1.807, 2.05) is 0 Å². The summed E-state index contributed by atoms with van der Waals surface area (Å²) in [6.07, 6.45) is -0.883. The van der Waals surface area contributed by atoms with Gasteiger partial charge in [-0.3, -0.25) is 0 Å². The fraction of sp³-hybridized carbons (Fsp3) is 0.875. The van der Waals surface area contributed by atoms with E-state index >= 15 is 0 Å². The molecule has 0 amide bonds. The highest BCUT2D eigenvalue weighted by Crippen LogP contribution is 2.32. The van der Waals surface area contributed by atoms with Crippen LogP contribution in [0.4, 0.5) is 0 Å². The van der Waals surface area contributed by atoms with Crippen molar-refractivity contribution >= 4 is 5.97 Å². The second-order valence-electron chi connectivity index (χ2n) is 3.15. The molecule has 0 aromatic rings. The molecule has 4 atom stereocenters. The van der Waals surface area contributed by atoms with Crippen LogP contribution >= 0.6 is 0 Å². The summed E-state index contributed by atoms with van der Waals surface area (Å²) in [6, 6.07) is 0. The number of hydrogen-bond acceptors (Lipinski definition) is 5. The first-order chi connectivity index (χ1) is 6.26. The average Bonchev–Trinajstić information content (AvgIpc) is 2.52. The maximum atomic E-state index is 11.3. The van der Waals surface area contributed by atoms with Crippen LogP contribution in [-0.2, 0) is 23.7 Å². The predicted molar refractivity (Wildman–Crippen MR) is 41.0 cm³/mol. The SMILES string of the molecule is CO[C@H]1OC(=O)[C@@H]2O[C@H]1C[C@@H]2OC. The lowest BCUT2D eigenvalue weighted by atomic mass is 10.1. The zero-order chi connectivity index (χ0) is 9.42. The van der Waals surface area contributed by atoms with E-state index in [9.17, 15) is 4.79 Å². The molecule has 2 saturated heterocycles. The number of carbonyl (C=O) groups is 1. The Kier molecular flexibility index (Phi) is 2.23. The molecule has 0 radical (unpaired) electrons. The highest BCUT2D eigenvalue weighted by Gasteiger charge is 2.50. The summed E-state index contributed by atoms with van der Waals surface area (Å²) in [5.74, 6) is -0.396. The van der Waals surface area contributed by atoms with Crippen molar-refractivity contribution < 1.29 is 23.7 Å². The quantitative estimate of drug-likeness (QED) is 0.556. The number of methoxy groups -OCH3 is 2. The predicted octanol–water partition coefficient (Wildman–Crippen LogP) is -0.312. The zero-order valence-electron chi connectivity index (χ0n) is 7.56. The van der Waals surface area contributed by atoms with Gasteiger partial charge in [-0.25, -0.2) is 4.79 Å². The van der Waals surface area contributed by atoms with Crippen molar-refractivity contribution in [3.63, 3.8) is 0 Å². The van der Waals surface area contributed by atoms with Gasteiger partial charge in [-0.1, -0.05) is 0 Å². The molecule has 2 aliphatic rings. The van der Waals surface area contributed by atoms with Crippen LogP contribution in [0.3, 0.4) is 0 Å². The van der Waals surface area contributed by atoms with Crippen molar-refractivity contribution in [2.24, 2.45) is 0 Å². The Morgan fingerprint density at radius 1 is 1.38 bits per heavy atom. The summed E-state index contributed by atoms with van der Waals surface area (Å²) in [7, 11) is 3.05. The van der Waals surface area contributed by atoms with Crippen molar-refractivity contribution in [2.45, 2.75) is 31.0 Å². The van der Waals surface area contributed by atoms with E-state index < -0.39 is 18.4 Å². The standard InChI is InChI=1S/C8H12O5/c1-10-4-3-5-8(11-2)13-7(9)6(4)12-5/h4-6,8H,3H2,1-2H3/t4-,5-,6+,8-/m0/s1. The smallest absolute Gasteiger partial charge is 0.340 e. The Morgan fingerprint density at radius 2 is 2.15 bits per heavy atom. The van der Waals surface area contributed by atoms with Gasteiger partial charge in [0.1, 0.15) is 6.10 Å². The zero-order valence-corrected chi connectivity index (χ0v) is 7.56. The monoisotopic (exact) mass is 188 g/mol. The summed E-state index contributed by atoms with van der Waals surface area (Å²) in [4.78, 5) is 11.3. The fourth-order valence-corrected chi connectivity index (χ4v) is 1.74. The molecule has 0 unspecified atom stereocenters. The van der Waals surface area contributed by atoms with E-state index in [1.54, 1.807) is 7.11 Å². The summed E-state index contributed by atoms with van der Waals surface area (Å²) in [5.41, 5.74) is 0. The maximum absolute atomic E-state index is 11.3. The van der Waals surface area contributed by atoms with Gasteiger partial charge in [-0.2, -0.15) is 0 Å². The van der Waals surface area contributed by atoms with Crippen LogP contribution in [0.15, 0.2) is 0 Å². The van der Waals surface area contributed by atoms with E-state index in [2.05, 4.69) is 0 Å². The van der Waals surface area contributed by atoms with Crippen molar-refractivity contribution in [2.75, 3.05) is 14.2 Å². The van der Waals surface area contributed by atoms with E-state index in [0.29, 0.717) is 6.42 Å². The van der Waals surface area contributed by atoms with Crippen molar-refractivity contribution in [3.05, 3.63) is 0 Å². The summed E-state index contributed by atoms with van der Waals surface area (Å²) in [6.45, 7) is 0. The molecule has 2 heterocycles. The molecule has 2 rings (SSSR count). The minimum absolute atomic E-state index is 0.183. The van der Waals surface area contributed by atoms with Gasteiger partial charge < -0.3 is 18.9 Å². The molecule has 74 valence electrons. The third-order valence-corrected chi connectivity index (χ3v) is 2.43. The first-order valence-corrected chi connectivity index (χ1v) is 4.18. The number of cyclic esters (lactones) is 1. The topological polar surface area (TPSA) is 54.0 Å². The molecule has 5 nitrogen and oxygen atoms in total. The van der Waals surface area contributed by atoms with Crippen LogP contribution in [-0.4, -0.2) is 44.8 Å². The van der Waals surface area contributed by atoms with E-state index in [1.165, 1.54) is 7.11 Å². The van der Waals surface area contributed by atoms with Crippen LogP contribution < -0.4 is 0 Å². The number of ether oxygens (including phenoxy) is 4. The van der Waals surface area contributed by atoms with Gasteiger partial charge in [0, 0.05) is 20.6 Å². The fourth-order valence-electron chi connectivity index (χ4n) is 1.74. The highest BCUT2D eigenvalue weighted by atomic mass is 16.7. The lowest BCUT2D eigenvalue weighted by Gasteiger charge is -2.27. The molecule has 2 fully saturated rings. The molecule has 13 heavy (non-hydrogen) atoms. The van der Waals surface area contributed by atoms with Crippen LogP contribution in [0.25, 0.3) is 0 Å². The van der Waals surface area contributed by atoms with Gasteiger partial charge in [-0.05, 0) is 0 Å². The number of hydrogen-bond donors (Lipinski definition) is 0. The third kappa shape index (κ3) is 1.33. The normalized spacial score (nSPS) is 43.4. The molecular weight excluding hydrogens is 176 g/mol.